The summed E-state index contributed by atoms with van der Waals surface area (Å²) in [5.41, 5.74) is 3.98. The molecule has 49 heavy (non-hydrogen) atoms. The Bertz CT molecular complexity index is 1990. The Morgan fingerprint density at radius 2 is 1.78 bits per heavy atom. The van der Waals surface area contributed by atoms with Crippen molar-refractivity contribution in [3.8, 4) is 17.1 Å². The minimum atomic E-state index is -4.18. The second-order valence-corrected chi connectivity index (χ2v) is 15.9. The van der Waals surface area contributed by atoms with Crippen LogP contribution in [0.25, 0.3) is 11.3 Å². The lowest BCUT2D eigenvalue weighted by atomic mass is 9.87. The zero-order valence-corrected chi connectivity index (χ0v) is 29.2. The number of anilines is 2. The Balaban J connectivity index is 1.31. The maximum absolute atomic E-state index is 14.5. The van der Waals surface area contributed by atoms with Crippen molar-refractivity contribution in [1.82, 2.24) is 24.8 Å². The van der Waals surface area contributed by atoms with Crippen LogP contribution in [0, 0.1) is 19.3 Å². The van der Waals surface area contributed by atoms with Gasteiger partial charge >= 0.3 is 0 Å². The highest BCUT2D eigenvalue weighted by Crippen LogP contribution is 2.34. The van der Waals surface area contributed by atoms with Crippen molar-refractivity contribution in [2.75, 3.05) is 29.4 Å². The Morgan fingerprint density at radius 1 is 1.00 bits per heavy atom. The van der Waals surface area contributed by atoms with E-state index in [1.807, 2.05) is 32.0 Å². The molecule has 0 aliphatic carbocycles. The molecule has 3 atom stereocenters. The molecule has 2 aromatic carbocycles. The number of sulfonamides is 1. The highest BCUT2D eigenvalue weighted by molar-refractivity contribution is 7.92. The number of nitrogens with zero attached hydrogens (tertiary/aromatic N) is 6. The summed E-state index contributed by atoms with van der Waals surface area (Å²) in [6.07, 6.45) is 5.16. The van der Waals surface area contributed by atoms with Gasteiger partial charge in [0.2, 0.25) is 11.8 Å². The van der Waals surface area contributed by atoms with Gasteiger partial charge in [-0.05, 0) is 61.4 Å². The molecule has 2 fully saturated rings. The maximum atomic E-state index is 14.5. The van der Waals surface area contributed by atoms with Crippen LogP contribution >= 0.6 is 0 Å². The number of benzene rings is 2. The van der Waals surface area contributed by atoms with Gasteiger partial charge in [-0.25, -0.2) is 23.1 Å². The lowest BCUT2D eigenvalue weighted by Crippen LogP contribution is -2.58. The highest BCUT2D eigenvalue weighted by atomic mass is 32.2. The number of rotatable bonds is 5. The number of nitrogens with one attached hydrogen (secondary N) is 1. The minimum absolute atomic E-state index is 0.0821. The molecule has 1 amide bonds. The van der Waals surface area contributed by atoms with Crippen LogP contribution in [0.5, 0.6) is 5.88 Å². The Morgan fingerprint density at radius 3 is 2.53 bits per heavy atom. The van der Waals surface area contributed by atoms with E-state index >= 15 is 0 Å². The first-order valence-electron chi connectivity index (χ1n) is 16.6. The van der Waals surface area contributed by atoms with Gasteiger partial charge in [0, 0.05) is 30.3 Å². The number of carbonyl (C=O) groups is 1. The van der Waals surface area contributed by atoms with Crippen molar-refractivity contribution in [2.24, 2.45) is 5.41 Å². The Kier molecular flexibility index (Phi) is 8.52. The topological polar surface area (TPSA) is 140 Å². The van der Waals surface area contributed by atoms with E-state index in [-0.39, 0.29) is 58.9 Å². The van der Waals surface area contributed by atoms with Gasteiger partial charge in [-0.2, -0.15) is 4.98 Å². The monoisotopic (exact) mass is 683 g/mol. The molecule has 5 heterocycles. The first-order chi connectivity index (χ1) is 23.3. The molecule has 4 bridgehead atoms. The van der Waals surface area contributed by atoms with Crippen LogP contribution in [0.4, 0.5) is 11.8 Å². The molecule has 0 radical (unpaired) electrons. The van der Waals surface area contributed by atoms with Gasteiger partial charge in [0.15, 0.2) is 0 Å². The third-order valence-corrected chi connectivity index (χ3v) is 10.6. The number of aromatic nitrogens is 4. The van der Waals surface area contributed by atoms with E-state index in [0.29, 0.717) is 17.8 Å². The number of hydrogen-bond donors (Lipinski definition) is 1. The fourth-order valence-corrected chi connectivity index (χ4v) is 7.94. The molecule has 0 spiro atoms. The van der Waals surface area contributed by atoms with Gasteiger partial charge in [-0.15, -0.1) is 0 Å². The van der Waals surface area contributed by atoms with Gasteiger partial charge in [0.1, 0.15) is 12.4 Å². The van der Waals surface area contributed by atoms with E-state index in [0.717, 1.165) is 42.1 Å². The summed E-state index contributed by atoms with van der Waals surface area (Å²) in [6.45, 7) is 12.0. The van der Waals surface area contributed by atoms with Crippen LogP contribution < -0.4 is 14.4 Å². The number of ether oxygens (including phenoxy) is 2. The first-order valence-corrected chi connectivity index (χ1v) is 18.0. The lowest BCUT2D eigenvalue weighted by Gasteiger charge is -2.43. The normalized spacial score (nSPS) is 21.7. The van der Waals surface area contributed by atoms with Crippen molar-refractivity contribution >= 4 is 27.7 Å². The van der Waals surface area contributed by atoms with Gasteiger partial charge in [-0.1, -0.05) is 45.0 Å². The van der Waals surface area contributed by atoms with Gasteiger partial charge in [-0.3, -0.25) is 9.78 Å². The lowest BCUT2D eigenvalue weighted by molar-refractivity contribution is 0.0509. The average Bonchev–Trinajstić information content (AvgIpc) is 3.40. The predicted molar refractivity (Wildman–Crippen MR) is 185 cm³/mol. The minimum Gasteiger partial charge on any atom is -0.475 e. The molecule has 0 saturated carbocycles. The van der Waals surface area contributed by atoms with Crippen LogP contribution in [0.1, 0.15) is 60.8 Å². The molecular formula is C36H41N7O5S. The molecule has 2 aromatic heterocycles. The van der Waals surface area contributed by atoms with Crippen molar-refractivity contribution in [2.45, 2.75) is 77.1 Å². The molecular weight excluding hydrogens is 643 g/mol. The van der Waals surface area contributed by atoms with Crippen LogP contribution in [-0.2, 0) is 21.3 Å². The largest absolute Gasteiger partial charge is 0.475 e. The Labute approximate surface area is 287 Å². The molecule has 12 nitrogen and oxygen atoms in total. The third kappa shape index (κ3) is 6.82. The molecule has 3 aliphatic heterocycles. The number of amides is 1. The van der Waals surface area contributed by atoms with Crippen molar-refractivity contribution in [1.29, 1.82) is 0 Å². The van der Waals surface area contributed by atoms with Crippen LogP contribution in [0.2, 0.25) is 0 Å². The third-order valence-electron chi connectivity index (χ3n) is 9.28. The summed E-state index contributed by atoms with van der Waals surface area (Å²) in [4.78, 5) is 36.9. The second-order valence-electron chi connectivity index (χ2n) is 14.3. The summed E-state index contributed by atoms with van der Waals surface area (Å²) in [5, 5.41) is 0. The van der Waals surface area contributed by atoms with Gasteiger partial charge in [0.25, 0.3) is 15.9 Å². The van der Waals surface area contributed by atoms with Crippen LogP contribution in [-0.4, -0.2) is 77.1 Å². The highest BCUT2D eigenvalue weighted by Gasteiger charge is 2.44. The van der Waals surface area contributed by atoms with Crippen molar-refractivity contribution < 1.29 is 22.7 Å². The molecule has 256 valence electrons. The van der Waals surface area contributed by atoms with E-state index in [1.54, 1.807) is 35.5 Å². The quantitative estimate of drug-likeness (QED) is 0.300. The Hall–Kier alpha value is -4.62. The fourth-order valence-electron chi connectivity index (χ4n) is 6.95. The molecule has 2 saturated heterocycles. The van der Waals surface area contributed by atoms with E-state index in [1.165, 1.54) is 12.1 Å². The van der Waals surface area contributed by atoms with E-state index in [4.69, 9.17) is 14.5 Å². The SMILES string of the molecule is Cc1cccc(C)c1-c1cc2nc(n1)NS(=O)(=O)c1cccc(c1)C(=O)N(Cc1cncc(N3CC4OCC[C@@H]43)n1)[C@H](CC(C)(C)C)CO2. The smallest absolute Gasteiger partial charge is 0.264 e. The molecule has 4 aromatic rings. The maximum Gasteiger partial charge on any atom is 0.264 e. The second kappa shape index (κ2) is 12.7. The number of fused-ring (bicyclic) bond motifs is 5. The van der Waals surface area contributed by atoms with E-state index in [9.17, 15) is 13.2 Å². The number of aryl methyl sites for hydroxylation is 2. The van der Waals surface area contributed by atoms with Gasteiger partial charge < -0.3 is 19.3 Å². The molecule has 3 aliphatic rings. The van der Waals surface area contributed by atoms with Crippen molar-refractivity contribution in [3.63, 3.8) is 0 Å². The number of carbonyl (C=O) groups excluding carboxylic acids is 1. The zero-order valence-electron chi connectivity index (χ0n) is 28.4. The van der Waals surface area contributed by atoms with E-state index < -0.39 is 16.1 Å². The first kappa shape index (κ1) is 32.9. The van der Waals surface area contributed by atoms with Crippen LogP contribution in [0.15, 0.2) is 65.8 Å². The summed E-state index contributed by atoms with van der Waals surface area (Å²) < 4.78 is 42.1. The van der Waals surface area contributed by atoms with Crippen LogP contribution in [0.3, 0.4) is 0 Å². The summed E-state index contributed by atoms with van der Waals surface area (Å²) in [6, 6.07) is 13.5. The van der Waals surface area contributed by atoms with Gasteiger partial charge in [0.05, 0.1) is 53.4 Å². The zero-order chi connectivity index (χ0) is 34.5. The summed E-state index contributed by atoms with van der Waals surface area (Å²) in [7, 11) is -4.18. The van der Waals surface area contributed by atoms with Crippen molar-refractivity contribution in [3.05, 3.63) is 83.3 Å². The van der Waals surface area contributed by atoms with E-state index in [2.05, 4.69) is 45.3 Å². The summed E-state index contributed by atoms with van der Waals surface area (Å²) >= 11 is 0. The predicted octanol–water partition coefficient (Wildman–Crippen LogP) is 5.17. The molecule has 1 unspecified atom stereocenters. The fraction of sp³-hybridized carbons (Fsp3) is 0.417. The standard InChI is InChI=1S/C36H41N7O5S/c1-22-8-6-9-23(2)33(22)28-15-32-40-35(39-28)41-49(45,46)27-11-7-10-24(14-27)34(44)42(26(21-48-32)16-36(3,4)5)19-25-17-37-18-31(38-25)43-20-30-29(43)12-13-47-30/h6-11,14-15,17-18,26,29-30H,12-13,16,19-21H2,1-5H3,(H,39,40,41)/t26-,29+,30?/m1/s1. The molecule has 1 N–H and O–H groups in total. The molecule has 13 heteroatoms. The average molecular weight is 684 g/mol. The molecule has 7 rings (SSSR count). The number of hydrogen-bond acceptors (Lipinski definition) is 10. The summed E-state index contributed by atoms with van der Waals surface area (Å²) in [5.74, 6) is 0.473.